The lowest BCUT2D eigenvalue weighted by atomic mass is 10.1. The number of aryl methyl sites for hydroxylation is 1. The van der Waals surface area contributed by atoms with Gasteiger partial charge in [-0.3, -0.25) is 0 Å². The predicted molar refractivity (Wildman–Crippen MR) is 72.0 cm³/mol. The number of carbonyl (C=O) groups is 1. The molecule has 0 amide bonds. The zero-order chi connectivity index (χ0) is 13.3. The van der Waals surface area contributed by atoms with Gasteiger partial charge in [0.15, 0.2) is 0 Å². The lowest BCUT2D eigenvalue weighted by molar-refractivity contribution is 0.0696. The van der Waals surface area contributed by atoms with Crippen molar-refractivity contribution in [2.24, 2.45) is 0 Å². The molecule has 3 heteroatoms. The maximum absolute atomic E-state index is 11.2. The first-order chi connectivity index (χ1) is 8.54. The Morgan fingerprint density at radius 2 is 1.83 bits per heavy atom. The van der Waals surface area contributed by atoms with E-state index in [2.05, 4.69) is 0 Å². The third-order valence-corrected chi connectivity index (χ3v) is 3.26. The highest BCUT2D eigenvalue weighted by Crippen LogP contribution is 2.26. The minimum absolute atomic E-state index is 0.382. The van der Waals surface area contributed by atoms with E-state index < -0.39 is 5.97 Å². The number of hydrogen-bond donors (Lipinski definition) is 1. The Morgan fingerprint density at radius 3 is 2.33 bits per heavy atom. The van der Waals surface area contributed by atoms with E-state index in [0.717, 1.165) is 23.5 Å². The molecule has 0 aliphatic rings. The summed E-state index contributed by atoms with van der Waals surface area (Å²) in [6, 6.07) is 9.89. The Bertz CT molecular complexity index is 579. The summed E-state index contributed by atoms with van der Waals surface area (Å²) in [7, 11) is 0. The quantitative estimate of drug-likeness (QED) is 0.896. The highest BCUT2D eigenvalue weighted by atomic mass is 16.4. The molecule has 2 aromatic rings. The van der Waals surface area contributed by atoms with Crippen molar-refractivity contribution >= 4 is 5.97 Å². The van der Waals surface area contributed by atoms with Gasteiger partial charge >= 0.3 is 5.97 Å². The van der Waals surface area contributed by atoms with E-state index in [1.165, 1.54) is 5.56 Å². The third-order valence-electron chi connectivity index (χ3n) is 3.26. The first-order valence-electron chi connectivity index (χ1n) is 6.05. The van der Waals surface area contributed by atoms with E-state index in [9.17, 15) is 9.90 Å². The first kappa shape index (κ1) is 12.4. The smallest absolute Gasteiger partial charge is 0.337 e. The molecular formula is C15H17NO2. The zero-order valence-electron chi connectivity index (χ0n) is 10.9. The number of rotatable bonds is 3. The summed E-state index contributed by atoms with van der Waals surface area (Å²) >= 11 is 0. The Hall–Kier alpha value is -2.03. The SMILES string of the molecule is CCn1c(-c2ccc(C)cc2)cc(C(=O)O)c1C. The molecule has 2 rings (SSSR count). The Balaban J connectivity index is 2.60. The van der Waals surface area contributed by atoms with Crippen LogP contribution in [0.2, 0.25) is 0 Å². The van der Waals surface area contributed by atoms with Crippen molar-refractivity contribution in [2.45, 2.75) is 27.3 Å². The number of benzene rings is 1. The molecule has 0 radical (unpaired) electrons. The molecule has 0 aliphatic carbocycles. The van der Waals surface area contributed by atoms with E-state index in [1.54, 1.807) is 6.07 Å². The summed E-state index contributed by atoms with van der Waals surface area (Å²) < 4.78 is 2.04. The second-order valence-corrected chi connectivity index (χ2v) is 4.44. The average molecular weight is 243 g/mol. The minimum atomic E-state index is -0.868. The zero-order valence-corrected chi connectivity index (χ0v) is 10.9. The van der Waals surface area contributed by atoms with E-state index in [0.29, 0.717) is 5.56 Å². The molecule has 3 nitrogen and oxygen atoms in total. The van der Waals surface area contributed by atoms with Crippen LogP contribution in [-0.2, 0) is 6.54 Å². The van der Waals surface area contributed by atoms with Crippen molar-refractivity contribution in [2.75, 3.05) is 0 Å². The van der Waals surface area contributed by atoms with Crippen LogP contribution in [0.3, 0.4) is 0 Å². The summed E-state index contributed by atoms with van der Waals surface area (Å²) in [5, 5.41) is 9.18. The fraction of sp³-hybridized carbons (Fsp3) is 0.267. The highest BCUT2D eigenvalue weighted by Gasteiger charge is 2.16. The topological polar surface area (TPSA) is 42.2 Å². The molecule has 1 aromatic carbocycles. The Kier molecular flexibility index (Phi) is 3.24. The summed E-state index contributed by atoms with van der Waals surface area (Å²) in [5.41, 5.74) is 4.40. The van der Waals surface area contributed by atoms with Crippen LogP contribution in [0.1, 0.15) is 28.5 Å². The molecule has 0 unspecified atom stereocenters. The van der Waals surface area contributed by atoms with Crippen molar-refractivity contribution < 1.29 is 9.90 Å². The largest absolute Gasteiger partial charge is 0.478 e. The van der Waals surface area contributed by atoms with Crippen molar-refractivity contribution in [1.82, 2.24) is 4.57 Å². The minimum Gasteiger partial charge on any atom is -0.478 e. The van der Waals surface area contributed by atoms with Crippen molar-refractivity contribution in [3.05, 3.63) is 47.2 Å². The summed E-state index contributed by atoms with van der Waals surface area (Å²) in [6.45, 7) is 6.68. The van der Waals surface area contributed by atoms with Crippen LogP contribution in [0.15, 0.2) is 30.3 Å². The van der Waals surface area contributed by atoms with Crippen LogP contribution in [-0.4, -0.2) is 15.6 Å². The number of carboxylic acid groups (broad SMARTS) is 1. The number of nitrogens with zero attached hydrogens (tertiary/aromatic N) is 1. The van der Waals surface area contributed by atoms with E-state index in [1.807, 2.05) is 49.6 Å². The second-order valence-electron chi connectivity index (χ2n) is 4.44. The standard InChI is InChI=1S/C15H17NO2/c1-4-16-11(3)13(15(17)18)9-14(16)12-7-5-10(2)6-8-12/h5-9H,4H2,1-3H3,(H,17,18). The van der Waals surface area contributed by atoms with Gasteiger partial charge in [-0.25, -0.2) is 4.79 Å². The van der Waals surface area contributed by atoms with E-state index in [4.69, 9.17) is 0 Å². The molecule has 0 bridgehead atoms. The molecule has 0 saturated carbocycles. The Morgan fingerprint density at radius 1 is 1.22 bits per heavy atom. The van der Waals surface area contributed by atoms with Gasteiger partial charge in [0, 0.05) is 17.9 Å². The normalized spacial score (nSPS) is 10.6. The van der Waals surface area contributed by atoms with E-state index >= 15 is 0 Å². The Labute approximate surface area is 107 Å². The number of aromatic carboxylic acids is 1. The predicted octanol–water partition coefficient (Wildman–Crippen LogP) is 3.49. The summed E-state index contributed by atoms with van der Waals surface area (Å²) in [5.74, 6) is -0.868. The summed E-state index contributed by atoms with van der Waals surface area (Å²) in [6.07, 6.45) is 0. The van der Waals surface area contributed by atoms with Crippen LogP contribution >= 0.6 is 0 Å². The lowest BCUT2D eigenvalue weighted by Crippen LogP contribution is -2.02. The fourth-order valence-corrected chi connectivity index (χ4v) is 2.23. The molecule has 18 heavy (non-hydrogen) atoms. The number of aromatic nitrogens is 1. The van der Waals surface area contributed by atoms with Crippen LogP contribution in [0.5, 0.6) is 0 Å². The molecule has 1 N–H and O–H groups in total. The highest BCUT2D eigenvalue weighted by molar-refractivity contribution is 5.91. The third kappa shape index (κ3) is 2.04. The molecular weight excluding hydrogens is 226 g/mol. The van der Waals surface area contributed by atoms with Gasteiger partial charge in [-0.2, -0.15) is 0 Å². The van der Waals surface area contributed by atoms with Crippen LogP contribution < -0.4 is 0 Å². The monoisotopic (exact) mass is 243 g/mol. The van der Waals surface area contributed by atoms with E-state index in [-0.39, 0.29) is 0 Å². The summed E-state index contributed by atoms with van der Waals surface area (Å²) in [4.78, 5) is 11.2. The fourth-order valence-electron chi connectivity index (χ4n) is 2.23. The van der Waals surface area contributed by atoms with Gasteiger partial charge in [0.25, 0.3) is 0 Å². The first-order valence-corrected chi connectivity index (χ1v) is 6.05. The number of hydrogen-bond acceptors (Lipinski definition) is 1. The van der Waals surface area contributed by atoms with Crippen molar-refractivity contribution in [1.29, 1.82) is 0 Å². The van der Waals surface area contributed by atoms with Crippen molar-refractivity contribution in [3.8, 4) is 11.3 Å². The second kappa shape index (κ2) is 4.69. The van der Waals surface area contributed by atoms with Gasteiger partial charge < -0.3 is 9.67 Å². The maximum Gasteiger partial charge on any atom is 0.337 e. The van der Waals surface area contributed by atoms with Gasteiger partial charge in [0.05, 0.1) is 5.56 Å². The molecule has 1 heterocycles. The molecule has 94 valence electrons. The molecule has 0 spiro atoms. The molecule has 1 aromatic heterocycles. The molecule has 0 atom stereocenters. The van der Waals surface area contributed by atoms with Gasteiger partial charge in [0.2, 0.25) is 0 Å². The molecule has 0 saturated heterocycles. The van der Waals surface area contributed by atoms with Crippen LogP contribution in [0.25, 0.3) is 11.3 Å². The van der Waals surface area contributed by atoms with Gasteiger partial charge in [0.1, 0.15) is 0 Å². The molecule has 0 aliphatic heterocycles. The number of carboxylic acids is 1. The van der Waals surface area contributed by atoms with Gasteiger partial charge in [-0.1, -0.05) is 29.8 Å². The average Bonchev–Trinajstić information content (AvgIpc) is 2.67. The molecule has 0 fully saturated rings. The van der Waals surface area contributed by atoms with Gasteiger partial charge in [-0.15, -0.1) is 0 Å². The van der Waals surface area contributed by atoms with Crippen molar-refractivity contribution in [3.63, 3.8) is 0 Å². The van der Waals surface area contributed by atoms with Crippen LogP contribution in [0.4, 0.5) is 0 Å². The lowest BCUT2D eigenvalue weighted by Gasteiger charge is -2.09. The maximum atomic E-state index is 11.2. The van der Waals surface area contributed by atoms with Crippen LogP contribution in [0, 0.1) is 13.8 Å². The van der Waals surface area contributed by atoms with Gasteiger partial charge in [-0.05, 0) is 32.4 Å².